The third-order valence-corrected chi connectivity index (χ3v) is 5.79. The molecule has 0 spiro atoms. The van der Waals surface area contributed by atoms with Crippen molar-refractivity contribution in [2.75, 3.05) is 13.7 Å². The van der Waals surface area contributed by atoms with Crippen molar-refractivity contribution >= 4 is 17.5 Å². The minimum atomic E-state index is -0.614. The molecule has 4 rings (SSSR count). The highest BCUT2D eigenvalue weighted by Gasteiger charge is 2.47. The standard InChI is InChI=1S/C26H26N2O2/c1-4-30-25(29)19(2)24-27-23-18-12-11-17-22(23)26(28(24)3,20-13-7-5-8-14-20)21-15-9-6-10-16-21/h5-19H,4H2,1-3H3/t19-/m0/s1. The fourth-order valence-corrected chi connectivity index (χ4v) is 4.41. The summed E-state index contributed by atoms with van der Waals surface area (Å²) in [5.41, 5.74) is 3.58. The number of esters is 1. The molecule has 0 radical (unpaired) electrons. The van der Waals surface area contributed by atoms with Crippen molar-refractivity contribution < 1.29 is 9.53 Å². The van der Waals surface area contributed by atoms with E-state index in [4.69, 9.17) is 9.73 Å². The van der Waals surface area contributed by atoms with Crippen LogP contribution in [0, 0.1) is 5.92 Å². The quantitative estimate of drug-likeness (QED) is 0.558. The van der Waals surface area contributed by atoms with Gasteiger partial charge in [-0.2, -0.15) is 0 Å². The number of aliphatic imine (C=N–C) groups is 1. The lowest BCUT2D eigenvalue weighted by Gasteiger charge is -2.48. The second-order valence-electron chi connectivity index (χ2n) is 7.46. The van der Waals surface area contributed by atoms with Crippen LogP contribution in [0.3, 0.4) is 0 Å². The van der Waals surface area contributed by atoms with E-state index in [0.717, 1.165) is 22.4 Å². The number of fused-ring (bicyclic) bond motifs is 1. The van der Waals surface area contributed by atoms with Gasteiger partial charge in [0.2, 0.25) is 0 Å². The zero-order valence-electron chi connectivity index (χ0n) is 17.6. The molecule has 0 fully saturated rings. The van der Waals surface area contributed by atoms with E-state index in [2.05, 4.69) is 59.5 Å². The average molecular weight is 399 g/mol. The fourth-order valence-electron chi connectivity index (χ4n) is 4.41. The zero-order valence-corrected chi connectivity index (χ0v) is 17.6. The molecular weight excluding hydrogens is 372 g/mol. The Morgan fingerprint density at radius 2 is 1.47 bits per heavy atom. The summed E-state index contributed by atoms with van der Waals surface area (Å²) in [4.78, 5) is 19.7. The molecule has 1 aliphatic rings. The van der Waals surface area contributed by atoms with Crippen molar-refractivity contribution in [2.24, 2.45) is 10.9 Å². The highest BCUT2D eigenvalue weighted by atomic mass is 16.5. The summed E-state index contributed by atoms with van der Waals surface area (Å²) in [6, 6.07) is 29.0. The molecule has 30 heavy (non-hydrogen) atoms. The van der Waals surface area contributed by atoms with E-state index in [9.17, 15) is 4.79 Å². The Kier molecular flexibility index (Phi) is 5.40. The molecule has 3 aromatic rings. The van der Waals surface area contributed by atoms with Gasteiger partial charge in [0.1, 0.15) is 17.3 Å². The van der Waals surface area contributed by atoms with Crippen LogP contribution in [0.2, 0.25) is 0 Å². The predicted molar refractivity (Wildman–Crippen MR) is 120 cm³/mol. The molecule has 4 nitrogen and oxygen atoms in total. The number of rotatable bonds is 5. The molecule has 3 aromatic carbocycles. The van der Waals surface area contributed by atoms with Gasteiger partial charge in [-0.15, -0.1) is 0 Å². The Morgan fingerprint density at radius 1 is 0.933 bits per heavy atom. The first-order valence-corrected chi connectivity index (χ1v) is 10.3. The first-order valence-electron chi connectivity index (χ1n) is 10.3. The Morgan fingerprint density at radius 3 is 2.03 bits per heavy atom. The summed E-state index contributed by atoms with van der Waals surface area (Å²) in [6.07, 6.45) is 0. The third kappa shape index (κ3) is 3.09. The highest BCUT2D eigenvalue weighted by molar-refractivity contribution is 6.03. The summed E-state index contributed by atoms with van der Waals surface area (Å²) < 4.78 is 5.33. The van der Waals surface area contributed by atoms with Gasteiger partial charge < -0.3 is 9.64 Å². The molecule has 1 heterocycles. The van der Waals surface area contributed by atoms with Gasteiger partial charge in [-0.05, 0) is 31.0 Å². The number of carbonyl (C=O) groups excluding carboxylic acids is 1. The predicted octanol–water partition coefficient (Wildman–Crippen LogP) is 5.15. The van der Waals surface area contributed by atoms with E-state index in [1.54, 1.807) is 0 Å². The van der Waals surface area contributed by atoms with Crippen LogP contribution in [0.25, 0.3) is 0 Å². The second kappa shape index (κ2) is 8.15. The van der Waals surface area contributed by atoms with Gasteiger partial charge in [0.05, 0.1) is 12.3 Å². The molecule has 4 heteroatoms. The number of hydrogen-bond acceptors (Lipinski definition) is 4. The van der Waals surface area contributed by atoms with Gasteiger partial charge >= 0.3 is 5.97 Å². The molecular formula is C26H26N2O2. The van der Waals surface area contributed by atoms with Crippen LogP contribution >= 0.6 is 0 Å². The lowest BCUT2D eigenvalue weighted by molar-refractivity contribution is -0.145. The number of hydrogen-bond donors (Lipinski definition) is 0. The molecule has 0 unspecified atom stereocenters. The minimum Gasteiger partial charge on any atom is -0.465 e. The fraction of sp³-hybridized carbons (Fsp3) is 0.231. The van der Waals surface area contributed by atoms with Crippen molar-refractivity contribution in [1.82, 2.24) is 4.90 Å². The molecule has 0 N–H and O–H groups in total. The molecule has 0 saturated carbocycles. The molecule has 0 saturated heterocycles. The topological polar surface area (TPSA) is 41.9 Å². The summed E-state index contributed by atoms with van der Waals surface area (Å²) in [5, 5.41) is 0. The summed E-state index contributed by atoms with van der Waals surface area (Å²) in [6.45, 7) is 4.03. The van der Waals surface area contributed by atoms with E-state index in [0.29, 0.717) is 12.4 Å². The molecule has 0 bridgehead atoms. The van der Waals surface area contributed by atoms with Crippen molar-refractivity contribution in [3.8, 4) is 0 Å². The van der Waals surface area contributed by atoms with Crippen LogP contribution in [0.5, 0.6) is 0 Å². The Balaban J connectivity index is 2.02. The van der Waals surface area contributed by atoms with Crippen molar-refractivity contribution in [2.45, 2.75) is 19.4 Å². The van der Waals surface area contributed by atoms with Crippen LogP contribution in [0.1, 0.15) is 30.5 Å². The van der Waals surface area contributed by atoms with Crippen LogP contribution in [-0.4, -0.2) is 30.4 Å². The van der Waals surface area contributed by atoms with Gasteiger partial charge in [-0.1, -0.05) is 78.9 Å². The van der Waals surface area contributed by atoms with Gasteiger partial charge in [-0.3, -0.25) is 4.79 Å². The second-order valence-corrected chi connectivity index (χ2v) is 7.46. The molecule has 1 aliphatic heterocycles. The Bertz CT molecular complexity index is 1020. The summed E-state index contributed by atoms with van der Waals surface area (Å²) in [7, 11) is 2.02. The maximum atomic E-state index is 12.7. The number of carbonyl (C=O) groups is 1. The number of amidine groups is 1. The maximum Gasteiger partial charge on any atom is 0.316 e. The maximum absolute atomic E-state index is 12.7. The van der Waals surface area contributed by atoms with Crippen LogP contribution < -0.4 is 0 Å². The van der Waals surface area contributed by atoms with Gasteiger partial charge in [0.25, 0.3) is 0 Å². The smallest absolute Gasteiger partial charge is 0.316 e. The molecule has 152 valence electrons. The minimum absolute atomic E-state index is 0.266. The van der Waals surface area contributed by atoms with E-state index >= 15 is 0 Å². The summed E-state index contributed by atoms with van der Waals surface area (Å²) >= 11 is 0. The van der Waals surface area contributed by atoms with Crippen LogP contribution in [0.4, 0.5) is 5.69 Å². The van der Waals surface area contributed by atoms with Crippen LogP contribution in [0.15, 0.2) is 89.9 Å². The lowest BCUT2D eigenvalue weighted by Crippen LogP contribution is -2.53. The molecule has 0 aliphatic carbocycles. The lowest BCUT2D eigenvalue weighted by atomic mass is 9.73. The van der Waals surface area contributed by atoms with Gasteiger partial charge in [0, 0.05) is 12.6 Å². The van der Waals surface area contributed by atoms with E-state index in [1.165, 1.54) is 0 Å². The van der Waals surface area contributed by atoms with E-state index < -0.39 is 11.5 Å². The first-order chi connectivity index (χ1) is 14.6. The van der Waals surface area contributed by atoms with Gasteiger partial charge in [0.15, 0.2) is 0 Å². The van der Waals surface area contributed by atoms with E-state index in [-0.39, 0.29) is 5.97 Å². The average Bonchev–Trinajstić information content (AvgIpc) is 2.80. The number of ether oxygens (including phenoxy) is 1. The number of para-hydroxylation sites is 1. The molecule has 1 atom stereocenters. The SMILES string of the molecule is CCOC(=O)[C@@H](C)C1=Nc2ccccc2C(c2ccccc2)(c2ccccc2)N1C. The molecule has 0 aromatic heterocycles. The largest absolute Gasteiger partial charge is 0.465 e. The first kappa shape index (κ1) is 19.9. The normalized spacial score (nSPS) is 15.7. The summed E-state index contributed by atoms with van der Waals surface area (Å²) in [5.74, 6) is -0.0625. The molecule has 0 amide bonds. The zero-order chi connectivity index (χ0) is 21.1. The van der Waals surface area contributed by atoms with Gasteiger partial charge in [-0.25, -0.2) is 4.99 Å². The number of nitrogens with zero attached hydrogens (tertiary/aromatic N) is 2. The van der Waals surface area contributed by atoms with Crippen molar-refractivity contribution in [3.05, 3.63) is 102 Å². The number of benzene rings is 3. The highest BCUT2D eigenvalue weighted by Crippen LogP contribution is 2.48. The Labute approximate surface area is 177 Å². The van der Waals surface area contributed by atoms with E-state index in [1.807, 2.05) is 51.2 Å². The third-order valence-electron chi connectivity index (χ3n) is 5.79. The van der Waals surface area contributed by atoms with Crippen molar-refractivity contribution in [3.63, 3.8) is 0 Å². The Hall–Kier alpha value is -3.40. The monoisotopic (exact) mass is 398 g/mol. The van der Waals surface area contributed by atoms with Crippen LogP contribution in [-0.2, 0) is 15.1 Å². The van der Waals surface area contributed by atoms with Crippen molar-refractivity contribution in [1.29, 1.82) is 0 Å².